The molecule has 0 heterocycles. The molecule has 0 aliphatic rings. The van der Waals surface area contributed by atoms with Gasteiger partial charge in [0.2, 0.25) is 5.91 Å². The zero-order valence-electron chi connectivity index (χ0n) is 14.3. The minimum absolute atomic E-state index is 0.0940. The second kappa shape index (κ2) is 8.30. The first kappa shape index (κ1) is 18.5. The van der Waals surface area contributed by atoms with Crippen molar-refractivity contribution in [3.63, 3.8) is 0 Å². The summed E-state index contributed by atoms with van der Waals surface area (Å²) in [5.74, 6) is -1.22. The monoisotopic (exact) mass is 342 g/mol. The number of primary amides is 1. The van der Waals surface area contributed by atoms with E-state index in [-0.39, 0.29) is 18.0 Å². The third kappa shape index (κ3) is 5.06. The molecule has 0 aromatic heterocycles. The number of para-hydroxylation sites is 1. The molecule has 1 atom stereocenters. The molecule has 0 aliphatic carbocycles. The van der Waals surface area contributed by atoms with E-state index in [1.807, 2.05) is 44.2 Å². The van der Waals surface area contributed by atoms with Crippen molar-refractivity contribution >= 4 is 17.5 Å². The molecule has 6 heteroatoms. The van der Waals surface area contributed by atoms with Crippen LogP contribution in [-0.4, -0.2) is 17.0 Å². The Morgan fingerprint density at radius 2 is 1.60 bits per heavy atom. The van der Waals surface area contributed by atoms with Crippen molar-refractivity contribution in [3.05, 3.63) is 54.6 Å². The lowest BCUT2D eigenvalue weighted by atomic mass is 9.95. The summed E-state index contributed by atoms with van der Waals surface area (Å²) in [5, 5.41) is 10.6. The highest BCUT2D eigenvalue weighted by Gasteiger charge is 2.30. The topological polar surface area (TPSA) is 92.9 Å². The van der Waals surface area contributed by atoms with Crippen molar-refractivity contribution in [2.75, 3.05) is 5.06 Å². The van der Waals surface area contributed by atoms with Gasteiger partial charge in [-0.05, 0) is 48.7 Å². The number of carbonyl (C=O) groups excluding carboxylic acids is 2. The first-order valence-corrected chi connectivity index (χ1v) is 8.03. The molecule has 6 nitrogen and oxygen atoms in total. The highest BCUT2D eigenvalue weighted by atomic mass is 16.5. The maximum Gasteiger partial charge on any atom is 0.263 e. The van der Waals surface area contributed by atoms with E-state index in [2.05, 4.69) is 0 Å². The Labute approximate surface area is 146 Å². The molecule has 0 radical (unpaired) electrons. The van der Waals surface area contributed by atoms with Gasteiger partial charge in [0.1, 0.15) is 17.4 Å². The van der Waals surface area contributed by atoms with Crippen LogP contribution in [0.25, 0.3) is 0 Å². The molecule has 3 N–H and O–H groups in total. The van der Waals surface area contributed by atoms with Gasteiger partial charge in [0, 0.05) is 0 Å². The number of carbonyl (C=O) groups is 2. The van der Waals surface area contributed by atoms with Crippen molar-refractivity contribution in [2.45, 2.75) is 20.3 Å². The molecule has 2 aromatic carbocycles. The molecule has 0 aliphatic heterocycles. The van der Waals surface area contributed by atoms with Crippen LogP contribution >= 0.6 is 0 Å². The second-order valence-corrected chi connectivity index (χ2v) is 6.14. The van der Waals surface area contributed by atoms with Gasteiger partial charge in [-0.15, -0.1) is 0 Å². The first-order valence-electron chi connectivity index (χ1n) is 8.03. The highest BCUT2D eigenvalue weighted by molar-refractivity contribution is 6.06. The normalized spacial score (nSPS) is 11.8. The zero-order chi connectivity index (χ0) is 18.4. The second-order valence-electron chi connectivity index (χ2n) is 6.14. The van der Waals surface area contributed by atoms with Gasteiger partial charge in [-0.3, -0.25) is 14.8 Å². The molecule has 1 unspecified atom stereocenters. The number of anilines is 1. The van der Waals surface area contributed by atoms with Crippen LogP contribution < -0.4 is 15.5 Å². The Kier molecular flexibility index (Phi) is 6.14. The van der Waals surface area contributed by atoms with E-state index in [1.165, 1.54) is 12.1 Å². The van der Waals surface area contributed by atoms with E-state index in [0.29, 0.717) is 16.6 Å². The molecule has 25 heavy (non-hydrogen) atoms. The van der Waals surface area contributed by atoms with Crippen LogP contribution in [0.2, 0.25) is 0 Å². The average Bonchev–Trinajstić information content (AvgIpc) is 2.59. The zero-order valence-corrected chi connectivity index (χ0v) is 14.3. The molecule has 0 bridgehead atoms. The molecular weight excluding hydrogens is 320 g/mol. The quantitative estimate of drug-likeness (QED) is 0.458. The third-order valence-corrected chi connectivity index (χ3v) is 3.62. The maximum atomic E-state index is 12.3. The van der Waals surface area contributed by atoms with Crippen LogP contribution in [0.3, 0.4) is 0 Å². The maximum absolute atomic E-state index is 12.3. The minimum atomic E-state index is -1.06. The van der Waals surface area contributed by atoms with Gasteiger partial charge in [0.05, 0.1) is 5.69 Å². The number of ether oxygens (including phenoxy) is 1. The largest absolute Gasteiger partial charge is 0.457 e. The van der Waals surface area contributed by atoms with Crippen molar-refractivity contribution < 1.29 is 19.5 Å². The number of amides is 2. The molecule has 2 amide bonds. The molecule has 0 saturated carbocycles. The van der Waals surface area contributed by atoms with Crippen LogP contribution in [0.4, 0.5) is 5.69 Å². The lowest BCUT2D eigenvalue weighted by molar-refractivity contribution is -0.135. The van der Waals surface area contributed by atoms with E-state index < -0.39 is 17.7 Å². The number of nitrogens with two attached hydrogens (primary N) is 1. The molecule has 0 fully saturated rings. The Hall–Kier alpha value is -2.86. The van der Waals surface area contributed by atoms with Gasteiger partial charge < -0.3 is 10.5 Å². The smallest absolute Gasteiger partial charge is 0.263 e. The highest BCUT2D eigenvalue weighted by Crippen LogP contribution is 2.25. The molecular formula is C19H22N2O4. The van der Waals surface area contributed by atoms with Crippen LogP contribution in [-0.2, 0) is 9.59 Å². The molecule has 0 saturated heterocycles. The van der Waals surface area contributed by atoms with Crippen molar-refractivity contribution in [3.8, 4) is 11.5 Å². The van der Waals surface area contributed by atoms with Gasteiger partial charge in [-0.2, -0.15) is 5.06 Å². The fraction of sp³-hybridized carbons (Fsp3) is 0.263. The number of nitrogens with zero attached hydrogens (tertiary/aromatic N) is 1. The summed E-state index contributed by atoms with van der Waals surface area (Å²) < 4.78 is 5.65. The lowest BCUT2D eigenvalue weighted by Crippen LogP contribution is -2.41. The van der Waals surface area contributed by atoms with Gasteiger partial charge in [-0.25, -0.2) is 0 Å². The molecule has 0 spiro atoms. The van der Waals surface area contributed by atoms with Gasteiger partial charge in [0.25, 0.3) is 5.91 Å². The van der Waals surface area contributed by atoms with E-state index in [1.54, 1.807) is 12.1 Å². The van der Waals surface area contributed by atoms with Crippen LogP contribution in [0.15, 0.2) is 54.6 Å². The predicted octanol–water partition coefficient (Wildman–Crippen LogP) is 3.35. The fourth-order valence-electron chi connectivity index (χ4n) is 2.36. The standard InChI is InChI=1S/C19H22N2O4/c1-13(2)12-17(18(20)22)19(23)21(24)14-8-10-16(11-9-14)25-15-6-4-3-5-7-15/h3-11,13,17,24H,12H2,1-2H3,(H2,20,22). The van der Waals surface area contributed by atoms with Crippen LogP contribution in [0.5, 0.6) is 11.5 Å². The fourth-order valence-corrected chi connectivity index (χ4v) is 2.36. The van der Waals surface area contributed by atoms with Crippen molar-refractivity contribution in [1.82, 2.24) is 0 Å². The first-order chi connectivity index (χ1) is 11.9. The van der Waals surface area contributed by atoms with E-state index >= 15 is 0 Å². The Morgan fingerprint density at radius 3 is 2.12 bits per heavy atom. The van der Waals surface area contributed by atoms with E-state index in [0.717, 1.165) is 0 Å². The average molecular weight is 342 g/mol. The summed E-state index contributed by atoms with van der Waals surface area (Å²) in [7, 11) is 0. The van der Waals surface area contributed by atoms with Crippen molar-refractivity contribution in [2.24, 2.45) is 17.6 Å². The van der Waals surface area contributed by atoms with E-state index in [9.17, 15) is 14.8 Å². The Morgan fingerprint density at radius 1 is 1.04 bits per heavy atom. The molecule has 2 rings (SSSR count). The summed E-state index contributed by atoms with van der Waals surface area (Å²) >= 11 is 0. The number of hydroxylamine groups is 1. The summed E-state index contributed by atoms with van der Waals surface area (Å²) in [5.41, 5.74) is 5.53. The van der Waals surface area contributed by atoms with Crippen LogP contribution in [0.1, 0.15) is 20.3 Å². The third-order valence-electron chi connectivity index (χ3n) is 3.62. The summed E-state index contributed by atoms with van der Waals surface area (Å²) in [4.78, 5) is 23.9. The predicted molar refractivity (Wildman–Crippen MR) is 94.4 cm³/mol. The number of benzene rings is 2. The van der Waals surface area contributed by atoms with E-state index in [4.69, 9.17) is 10.5 Å². The molecule has 132 valence electrons. The Bertz CT molecular complexity index is 714. The molecule has 2 aromatic rings. The summed E-state index contributed by atoms with van der Waals surface area (Å²) in [6, 6.07) is 15.6. The SMILES string of the molecule is CC(C)CC(C(N)=O)C(=O)N(O)c1ccc(Oc2ccccc2)cc1. The minimum Gasteiger partial charge on any atom is -0.457 e. The Balaban J connectivity index is 2.09. The summed E-state index contributed by atoms with van der Waals surface area (Å²) in [6.07, 6.45) is 0.278. The van der Waals surface area contributed by atoms with Gasteiger partial charge >= 0.3 is 0 Å². The number of rotatable bonds is 7. The number of hydrogen-bond acceptors (Lipinski definition) is 4. The van der Waals surface area contributed by atoms with Crippen LogP contribution in [0, 0.1) is 11.8 Å². The summed E-state index contributed by atoms with van der Waals surface area (Å²) in [6.45, 7) is 3.75. The van der Waals surface area contributed by atoms with Gasteiger partial charge in [0.15, 0.2) is 0 Å². The van der Waals surface area contributed by atoms with Gasteiger partial charge in [-0.1, -0.05) is 32.0 Å². The lowest BCUT2D eigenvalue weighted by Gasteiger charge is -2.21. The van der Waals surface area contributed by atoms with Crippen molar-refractivity contribution in [1.29, 1.82) is 0 Å². The number of hydrogen-bond donors (Lipinski definition) is 2.